The van der Waals surface area contributed by atoms with Crippen molar-refractivity contribution in [1.82, 2.24) is 19.9 Å². The molecule has 2 aromatic rings. The SMILES string of the molecule is Cl.O=C(c1cccnc1)N1CCN(c2ncccn2)CC1. The van der Waals surface area contributed by atoms with Crippen LogP contribution in [0.15, 0.2) is 43.0 Å². The third kappa shape index (κ3) is 3.46. The Morgan fingerprint density at radius 3 is 2.33 bits per heavy atom. The van der Waals surface area contributed by atoms with Crippen LogP contribution in [0.4, 0.5) is 5.95 Å². The summed E-state index contributed by atoms with van der Waals surface area (Å²) in [5, 5.41) is 0. The van der Waals surface area contributed by atoms with Crippen LogP contribution in [0.1, 0.15) is 10.4 Å². The van der Waals surface area contributed by atoms with Crippen LogP contribution in [0.2, 0.25) is 0 Å². The van der Waals surface area contributed by atoms with E-state index in [1.165, 1.54) is 0 Å². The summed E-state index contributed by atoms with van der Waals surface area (Å²) >= 11 is 0. The van der Waals surface area contributed by atoms with Crippen LogP contribution in [0.5, 0.6) is 0 Å². The molecule has 1 amide bonds. The quantitative estimate of drug-likeness (QED) is 0.836. The van der Waals surface area contributed by atoms with Crippen molar-refractivity contribution in [3.8, 4) is 0 Å². The monoisotopic (exact) mass is 305 g/mol. The minimum atomic E-state index is 0. The molecular weight excluding hydrogens is 290 g/mol. The van der Waals surface area contributed by atoms with Crippen molar-refractivity contribution in [2.75, 3.05) is 31.1 Å². The van der Waals surface area contributed by atoms with Crippen molar-refractivity contribution in [3.05, 3.63) is 48.5 Å². The Morgan fingerprint density at radius 2 is 1.71 bits per heavy atom. The summed E-state index contributed by atoms with van der Waals surface area (Å²) in [5.41, 5.74) is 0.636. The lowest BCUT2D eigenvalue weighted by Gasteiger charge is -2.34. The fourth-order valence-corrected chi connectivity index (χ4v) is 2.24. The Hall–Kier alpha value is -2.21. The second-order valence-corrected chi connectivity index (χ2v) is 4.57. The minimum Gasteiger partial charge on any atom is -0.337 e. The maximum Gasteiger partial charge on any atom is 0.255 e. The lowest BCUT2D eigenvalue weighted by atomic mass is 10.2. The van der Waals surface area contributed by atoms with Crippen molar-refractivity contribution in [1.29, 1.82) is 0 Å². The zero-order valence-corrected chi connectivity index (χ0v) is 12.2. The highest BCUT2D eigenvalue weighted by Gasteiger charge is 2.23. The molecule has 7 heteroatoms. The molecule has 0 saturated carbocycles. The van der Waals surface area contributed by atoms with E-state index >= 15 is 0 Å². The van der Waals surface area contributed by atoms with Crippen LogP contribution in [-0.4, -0.2) is 51.9 Å². The van der Waals surface area contributed by atoms with E-state index in [2.05, 4.69) is 19.9 Å². The molecule has 1 aliphatic rings. The molecule has 0 unspecified atom stereocenters. The Morgan fingerprint density at radius 1 is 1.00 bits per heavy atom. The summed E-state index contributed by atoms with van der Waals surface area (Å²) in [6, 6.07) is 5.37. The molecule has 1 saturated heterocycles. The molecule has 0 atom stereocenters. The molecule has 6 nitrogen and oxygen atoms in total. The van der Waals surface area contributed by atoms with Gasteiger partial charge in [-0.3, -0.25) is 9.78 Å². The Labute approximate surface area is 129 Å². The van der Waals surface area contributed by atoms with E-state index in [4.69, 9.17) is 0 Å². The predicted octanol–water partition coefficient (Wildman–Crippen LogP) is 1.26. The molecule has 110 valence electrons. The molecule has 21 heavy (non-hydrogen) atoms. The predicted molar refractivity (Wildman–Crippen MR) is 81.6 cm³/mol. The third-order valence-electron chi connectivity index (χ3n) is 3.31. The number of pyridine rings is 1. The van der Waals surface area contributed by atoms with Gasteiger partial charge in [0.2, 0.25) is 5.95 Å². The Balaban J connectivity index is 0.00000161. The first-order valence-electron chi connectivity index (χ1n) is 6.56. The fourth-order valence-electron chi connectivity index (χ4n) is 2.24. The number of halogens is 1. The summed E-state index contributed by atoms with van der Waals surface area (Å²) in [6.07, 6.45) is 6.74. The van der Waals surface area contributed by atoms with E-state index < -0.39 is 0 Å². The topological polar surface area (TPSA) is 62.2 Å². The molecular formula is C14H16ClN5O. The molecule has 0 bridgehead atoms. The zero-order valence-electron chi connectivity index (χ0n) is 11.4. The highest BCUT2D eigenvalue weighted by Crippen LogP contribution is 2.12. The van der Waals surface area contributed by atoms with Crippen LogP contribution >= 0.6 is 12.4 Å². The van der Waals surface area contributed by atoms with Gasteiger partial charge in [0.05, 0.1) is 5.56 Å². The standard InChI is InChI=1S/C14H15N5O.ClH/c20-13(12-3-1-4-15-11-12)18-7-9-19(10-8-18)14-16-5-2-6-17-14;/h1-6,11H,7-10H2;1H. The first-order valence-corrected chi connectivity index (χ1v) is 6.56. The molecule has 1 aliphatic heterocycles. The summed E-state index contributed by atoms with van der Waals surface area (Å²) in [7, 11) is 0. The molecule has 0 spiro atoms. The van der Waals surface area contributed by atoms with Gasteiger partial charge in [0.25, 0.3) is 5.91 Å². The van der Waals surface area contributed by atoms with E-state index in [9.17, 15) is 4.79 Å². The van der Waals surface area contributed by atoms with Crippen molar-refractivity contribution < 1.29 is 4.79 Å². The van der Waals surface area contributed by atoms with Crippen LogP contribution in [0, 0.1) is 0 Å². The molecule has 1 fully saturated rings. The van der Waals surface area contributed by atoms with Gasteiger partial charge in [-0.25, -0.2) is 9.97 Å². The number of piperazine rings is 1. The first kappa shape index (κ1) is 15.2. The first-order chi connectivity index (χ1) is 9.84. The Kier molecular flexibility index (Phi) is 5.05. The molecule has 0 N–H and O–H groups in total. The second kappa shape index (κ2) is 6.99. The van der Waals surface area contributed by atoms with Gasteiger partial charge in [0.1, 0.15) is 0 Å². The molecule has 2 aromatic heterocycles. The summed E-state index contributed by atoms with van der Waals surface area (Å²) in [5.74, 6) is 0.757. The number of amides is 1. The van der Waals surface area contributed by atoms with Gasteiger partial charge in [-0.1, -0.05) is 0 Å². The normalized spacial score (nSPS) is 14.5. The Bertz CT molecular complexity index is 572. The largest absolute Gasteiger partial charge is 0.337 e. The maximum absolute atomic E-state index is 12.3. The van der Waals surface area contributed by atoms with Gasteiger partial charge in [-0.2, -0.15) is 0 Å². The maximum atomic E-state index is 12.3. The lowest BCUT2D eigenvalue weighted by Crippen LogP contribution is -2.49. The number of carbonyl (C=O) groups is 1. The summed E-state index contributed by atoms with van der Waals surface area (Å²) in [4.78, 5) is 28.7. The number of carbonyl (C=O) groups excluding carboxylic acids is 1. The highest BCUT2D eigenvalue weighted by molar-refractivity contribution is 5.94. The van der Waals surface area contributed by atoms with E-state index in [1.807, 2.05) is 4.90 Å². The van der Waals surface area contributed by atoms with Gasteiger partial charge < -0.3 is 9.80 Å². The van der Waals surface area contributed by atoms with E-state index in [0.29, 0.717) is 18.7 Å². The van der Waals surface area contributed by atoms with Gasteiger partial charge in [-0.05, 0) is 18.2 Å². The van der Waals surface area contributed by atoms with Crippen molar-refractivity contribution in [3.63, 3.8) is 0 Å². The van der Waals surface area contributed by atoms with Crippen molar-refractivity contribution in [2.45, 2.75) is 0 Å². The second-order valence-electron chi connectivity index (χ2n) is 4.57. The average molecular weight is 306 g/mol. The molecule has 0 aliphatic carbocycles. The number of rotatable bonds is 2. The molecule has 3 rings (SSSR count). The molecule has 0 radical (unpaired) electrons. The third-order valence-corrected chi connectivity index (χ3v) is 3.31. The molecule has 0 aromatic carbocycles. The van der Waals surface area contributed by atoms with Crippen molar-refractivity contribution >= 4 is 24.3 Å². The zero-order chi connectivity index (χ0) is 13.8. The van der Waals surface area contributed by atoms with E-state index in [0.717, 1.165) is 19.0 Å². The van der Waals surface area contributed by atoms with E-state index in [-0.39, 0.29) is 18.3 Å². The van der Waals surface area contributed by atoms with Crippen LogP contribution in [0.25, 0.3) is 0 Å². The van der Waals surface area contributed by atoms with Gasteiger partial charge in [0.15, 0.2) is 0 Å². The summed E-state index contributed by atoms with van der Waals surface area (Å²) in [6.45, 7) is 2.84. The summed E-state index contributed by atoms with van der Waals surface area (Å²) < 4.78 is 0. The van der Waals surface area contributed by atoms with Crippen LogP contribution in [0.3, 0.4) is 0 Å². The van der Waals surface area contributed by atoms with Gasteiger partial charge >= 0.3 is 0 Å². The number of anilines is 1. The number of nitrogens with zero attached hydrogens (tertiary/aromatic N) is 5. The molecule has 3 heterocycles. The van der Waals surface area contributed by atoms with E-state index in [1.54, 1.807) is 43.0 Å². The average Bonchev–Trinajstić information content (AvgIpc) is 2.56. The lowest BCUT2D eigenvalue weighted by molar-refractivity contribution is 0.0746. The minimum absolute atomic E-state index is 0. The number of hydrogen-bond acceptors (Lipinski definition) is 5. The van der Waals surface area contributed by atoms with Crippen molar-refractivity contribution in [2.24, 2.45) is 0 Å². The highest BCUT2D eigenvalue weighted by atomic mass is 35.5. The number of hydrogen-bond donors (Lipinski definition) is 0. The van der Waals surface area contributed by atoms with Gasteiger partial charge in [0, 0.05) is 51.0 Å². The van der Waals surface area contributed by atoms with Crippen LogP contribution in [-0.2, 0) is 0 Å². The number of aromatic nitrogens is 3. The smallest absolute Gasteiger partial charge is 0.255 e. The fraction of sp³-hybridized carbons (Fsp3) is 0.286. The van der Waals surface area contributed by atoms with Gasteiger partial charge in [-0.15, -0.1) is 12.4 Å². The van der Waals surface area contributed by atoms with Crippen LogP contribution < -0.4 is 4.90 Å².